The highest BCUT2D eigenvalue weighted by Gasteiger charge is 2.26. The number of benzene rings is 2. The molecule has 1 aromatic heterocycles. The van der Waals surface area contributed by atoms with Crippen LogP contribution in [-0.4, -0.2) is 27.1 Å². The van der Waals surface area contributed by atoms with Crippen molar-refractivity contribution in [1.29, 1.82) is 0 Å². The van der Waals surface area contributed by atoms with Crippen molar-refractivity contribution < 1.29 is 4.79 Å². The number of hydrogen-bond acceptors (Lipinski definition) is 2. The zero-order chi connectivity index (χ0) is 17.4. The molecule has 1 amide bonds. The number of carbonyl (C=O) groups excluding carboxylic acids is 1. The highest BCUT2D eigenvalue weighted by molar-refractivity contribution is 9.10. The SMILES string of the molecule is O=C(c1cccc(Br)c1)N1CCc2[nH]n(-c3ccccc3)c(=O)c2C1. The van der Waals surface area contributed by atoms with Crippen molar-refractivity contribution in [3.05, 3.63) is 86.2 Å². The Kier molecular flexibility index (Phi) is 4.05. The van der Waals surface area contributed by atoms with Crippen LogP contribution in [0.4, 0.5) is 0 Å². The predicted octanol–water partition coefficient (Wildman–Crippen LogP) is 3.13. The Labute approximate surface area is 153 Å². The van der Waals surface area contributed by atoms with Crippen LogP contribution >= 0.6 is 15.9 Å². The van der Waals surface area contributed by atoms with Crippen molar-refractivity contribution in [1.82, 2.24) is 14.7 Å². The Morgan fingerprint density at radius 3 is 2.64 bits per heavy atom. The smallest absolute Gasteiger partial charge is 0.276 e. The number of amides is 1. The average molecular weight is 398 g/mol. The van der Waals surface area contributed by atoms with E-state index in [0.717, 1.165) is 15.9 Å². The first-order chi connectivity index (χ1) is 12.1. The summed E-state index contributed by atoms with van der Waals surface area (Å²) in [5.41, 5.74) is 2.90. The number of aromatic amines is 1. The Bertz CT molecular complexity index is 991. The quantitative estimate of drug-likeness (QED) is 0.721. The molecule has 0 radical (unpaired) electrons. The first-order valence-electron chi connectivity index (χ1n) is 8.06. The molecule has 0 aliphatic carbocycles. The van der Waals surface area contributed by atoms with Crippen molar-refractivity contribution in [3.8, 4) is 5.69 Å². The van der Waals surface area contributed by atoms with E-state index in [2.05, 4.69) is 21.0 Å². The fourth-order valence-electron chi connectivity index (χ4n) is 3.14. The monoisotopic (exact) mass is 397 g/mol. The lowest BCUT2D eigenvalue weighted by Crippen LogP contribution is -2.37. The minimum Gasteiger partial charge on any atom is -0.334 e. The van der Waals surface area contributed by atoms with Crippen LogP contribution in [0.15, 0.2) is 63.9 Å². The molecule has 2 aromatic carbocycles. The molecule has 0 unspecified atom stereocenters. The van der Waals surface area contributed by atoms with Gasteiger partial charge in [-0.1, -0.05) is 40.2 Å². The molecule has 0 saturated heterocycles. The molecule has 0 atom stereocenters. The van der Waals surface area contributed by atoms with Gasteiger partial charge in [-0.25, -0.2) is 4.68 Å². The summed E-state index contributed by atoms with van der Waals surface area (Å²) in [6, 6.07) is 16.8. The van der Waals surface area contributed by atoms with E-state index in [1.807, 2.05) is 42.5 Å². The first kappa shape index (κ1) is 15.9. The van der Waals surface area contributed by atoms with E-state index in [-0.39, 0.29) is 11.5 Å². The van der Waals surface area contributed by atoms with Gasteiger partial charge in [-0.3, -0.25) is 14.7 Å². The van der Waals surface area contributed by atoms with Gasteiger partial charge in [0.15, 0.2) is 0 Å². The number of para-hydroxylation sites is 1. The molecule has 0 bridgehead atoms. The van der Waals surface area contributed by atoms with E-state index in [1.165, 1.54) is 0 Å². The van der Waals surface area contributed by atoms with Crippen molar-refractivity contribution in [2.45, 2.75) is 13.0 Å². The van der Waals surface area contributed by atoms with Crippen LogP contribution in [0.5, 0.6) is 0 Å². The van der Waals surface area contributed by atoms with Gasteiger partial charge in [-0.2, -0.15) is 0 Å². The molecule has 2 heterocycles. The first-order valence-corrected chi connectivity index (χ1v) is 8.86. The summed E-state index contributed by atoms with van der Waals surface area (Å²) in [5.74, 6) is -0.0567. The Morgan fingerprint density at radius 1 is 1.08 bits per heavy atom. The summed E-state index contributed by atoms with van der Waals surface area (Å²) >= 11 is 3.39. The zero-order valence-electron chi connectivity index (χ0n) is 13.4. The van der Waals surface area contributed by atoms with Gasteiger partial charge < -0.3 is 4.90 Å². The molecule has 25 heavy (non-hydrogen) atoms. The molecule has 3 aromatic rings. The summed E-state index contributed by atoms with van der Waals surface area (Å²) in [6.07, 6.45) is 0.643. The molecule has 0 saturated carbocycles. The molecular formula is C19H16BrN3O2. The fourth-order valence-corrected chi connectivity index (χ4v) is 3.54. The zero-order valence-corrected chi connectivity index (χ0v) is 15.0. The molecule has 1 aliphatic heterocycles. The summed E-state index contributed by atoms with van der Waals surface area (Å²) in [4.78, 5) is 27.2. The second-order valence-corrected chi connectivity index (χ2v) is 6.95. The van der Waals surface area contributed by atoms with Crippen LogP contribution < -0.4 is 5.56 Å². The van der Waals surface area contributed by atoms with Crippen LogP contribution in [-0.2, 0) is 13.0 Å². The fraction of sp³-hybridized carbons (Fsp3) is 0.158. The average Bonchev–Trinajstić information content (AvgIpc) is 2.98. The van der Waals surface area contributed by atoms with Crippen molar-refractivity contribution in [2.24, 2.45) is 0 Å². The summed E-state index contributed by atoms with van der Waals surface area (Å²) in [6.45, 7) is 0.920. The van der Waals surface area contributed by atoms with E-state index in [0.29, 0.717) is 30.6 Å². The van der Waals surface area contributed by atoms with Gasteiger partial charge in [0, 0.05) is 28.7 Å². The predicted molar refractivity (Wildman–Crippen MR) is 99.0 cm³/mol. The number of halogens is 1. The van der Waals surface area contributed by atoms with Crippen molar-refractivity contribution >= 4 is 21.8 Å². The maximum Gasteiger partial charge on any atom is 0.276 e. The minimum absolute atomic E-state index is 0.0567. The van der Waals surface area contributed by atoms with Gasteiger partial charge in [0.25, 0.3) is 11.5 Å². The van der Waals surface area contributed by atoms with E-state index in [4.69, 9.17) is 0 Å². The maximum absolute atomic E-state index is 12.8. The molecule has 4 rings (SSSR count). The van der Waals surface area contributed by atoms with Gasteiger partial charge in [0.2, 0.25) is 0 Å². The molecule has 1 N–H and O–H groups in total. The van der Waals surface area contributed by atoms with Crippen LogP contribution in [0.3, 0.4) is 0 Å². The topological polar surface area (TPSA) is 58.1 Å². The third kappa shape index (κ3) is 2.93. The summed E-state index contributed by atoms with van der Waals surface area (Å²) in [5, 5.41) is 3.19. The number of aromatic nitrogens is 2. The molecule has 0 fully saturated rings. The van der Waals surface area contributed by atoms with E-state index in [9.17, 15) is 9.59 Å². The normalized spacial score (nSPS) is 13.6. The second-order valence-electron chi connectivity index (χ2n) is 6.03. The van der Waals surface area contributed by atoms with E-state index in [1.54, 1.807) is 21.7 Å². The Hall–Kier alpha value is -2.60. The van der Waals surface area contributed by atoms with Gasteiger partial charge in [0.1, 0.15) is 0 Å². The minimum atomic E-state index is -0.0899. The Balaban J connectivity index is 1.65. The number of hydrogen-bond donors (Lipinski definition) is 1. The lowest BCUT2D eigenvalue weighted by atomic mass is 10.1. The van der Waals surface area contributed by atoms with Gasteiger partial charge in [-0.15, -0.1) is 0 Å². The number of carbonyl (C=O) groups is 1. The lowest BCUT2D eigenvalue weighted by molar-refractivity contribution is 0.0733. The number of H-pyrrole nitrogens is 1. The number of nitrogens with zero attached hydrogens (tertiary/aromatic N) is 2. The second kappa shape index (κ2) is 6.37. The van der Waals surface area contributed by atoms with Crippen LogP contribution in [0.25, 0.3) is 5.69 Å². The third-order valence-electron chi connectivity index (χ3n) is 4.43. The standard InChI is InChI=1S/C19H16BrN3O2/c20-14-6-4-5-13(11-14)18(24)22-10-9-17-16(12-22)19(25)23(21-17)15-7-2-1-3-8-15/h1-8,11,21H,9-10,12H2. The van der Waals surface area contributed by atoms with E-state index < -0.39 is 0 Å². The highest BCUT2D eigenvalue weighted by atomic mass is 79.9. The number of nitrogens with one attached hydrogen (secondary N) is 1. The maximum atomic E-state index is 12.8. The van der Waals surface area contributed by atoms with Gasteiger partial charge in [0.05, 0.1) is 17.8 Å². The van der Waals surface area contributed by atoms with E-state index >= 15 is 0 Å². The van der Waals surface area contributed by atoms with Crippen LogP contribution in [0.1, 0.15) is 21.6 Å². The van der Waals surface area contributed by atoms with Crippen LogP contribution in [0, 0.1) is 0 Å². The molecule has 1 aliphatic rings. The lowest BCUT2D eigenvalue weighted by Gasteiger charge is -2.26. The third-order valence-corrected chi connectivity index (χ3v) is 4.92. The van der Waals surface area contributed by atoms with Crippen molar-refractivity contribution in [2.75, 3.05) is 6.54 Å². The molecule has 6 heteroatoms. The summed E-state index contributed by atoms with van der Waals surface area (Å²) < 4.78 is 2.42. The van der Waals surface area contributed by atoms with Gasteiger partial charge in [-0.05, 0) is 30.3 Å². The summed E-state index contributed by atoms with van der Waals surface area (Å²) in [7, 11) is 0. The molecular weight excluding hydrogens is 382 g/mol. The van der Waals surface area contributed by atoms with Gasteiger partial charge >= 0.3 is 0 Å². The number of rotatable bonds is 2. The largest absolute Gasteiger partial charge is 0.334 e. The van der Waals surface area contributed by atoms with Crippen molar-refractivity contribution in [3.63, 3.8) is 0 Å². The Morgan fingerprint density at radius 2 is 1.88 bits per heavy atom. The van der Waals surface area contributed by atoms with Crippen LogP contribution in [0.2, 0.25) is 0 Å². The molecule has 5 nitrogen and oxygen atoms in total. The molecule has 126 valence electrons. The number of fused-ring (bicyclic) bond motifs is 1. The molecule has 0 spiro atoms. The highest BCUT2D eigenvalue weighted by Crippen LogP contribution is 2.19.